The minimum atomic E-state index is -0.140. The van der Waals surface area contributed by atoms with Gasteiger partial charge in [0.2, 0.25) is 0 Å². The summed E-state index contributed by atoms with van der Waals surface area (Å²) in [7, 11) is 2.48. The molecule has 6 rings (SSSR count). The molecule has 0 spiro atoms. The van der Waals surface area contributed by atoms with Crippen molar-refractivity contribution in [3.8, 4) is 0 Å². The third kappa shape index (κ3) is 5.36. The molecule has 2 aliphatic heterocycles. The van der Waals surface area contributed by atoms with Crippen LogP contribution in [0, 0.1) is 34.5 Å². The van der Waals surface area contributed by atoms with E-state index >= 15 is 0 Å². The van der Waals surface area contributed by atoms with E-state index in [1.807, 2.05) is 0 Å². The summed E-state index contributed by atoms with van der Waals surface area (Å²) >= 11 is 0. The van der Waals surface area contributed by atoms with E-state index in [0.717, 1.165) is 56.5 Å². The van der Waals surface area contributed by atoms with Gasteiger partial charge >= 0.3 is 11.9 Å². The molecule has 10 atom stereocenters. The molecule has 0 aromatic rings. The number of fused-ring (bicyclic) bond motifs is 5. The van der Waals surface area contributed by atoms with Gasteiger partial charge in [0, 0.05) is 44.3 Å². The van der Waals surface area contributed by atoms with E-state index in [0.29, 0.717) is 36.1 Å². The summed E-state index contributed by atoms with van der Waals surface area (Å²) in [5.41, 5.74) is 0.315. The number of piperidine rings is 1. The average molecular weight is 588 g/mol. The first-order chi connectivity index (χ1) is 20.1. The van der Waals surface area contributed by atoms with Gasteiger partial charge in [-0.1, -0.05) is 20.8 Å². The summed E-state index contributed by atoms with van der Waals surface area (Å²) in [6, 6.07) is 0.703. The van der Waals surface area contributed by atoms with E-state index in [-0.39, 0.29) is 41.0 Å². The summed E-state index contributed by atoms with van der Waals surface area (Å²) in [5.74, 6) is 2.48. The molecule has 0 bridgehead atoms. The van der Waals surface area contributed by atoms with Gasteiger partial charge in [-0.15, -0.1) is 0 Å². The Morgan fingerprint density at radius 1 is 0.952 bits per heavy atom. The fourth-order valence-corrected chi connectivity index (χ4v) is 11.6. The number of morpholine rings is 1. The Bertz CT molecular complexity index is 992. The molecular formula is C35H59N2O5+. The molecule has 0 aromatic carbocycles. The second-order valence-corrected chi connectivity index (χ2v) is 16.0. The molecular weight excluding hydrogens is 528 g/mol. The second kappa shape index (κ2) is 12.0. The number of nitrogens with zero attached hydrogens (tertiary/aromatic N) is 2. The number of quaternary nitrogens is 1. The molecule has 2 saturated heterocycles. The highest BCUT2D eigenvalue weighted by Gasteiger charge is 2.67. The van der Waals surface area contributed by atoms with Crippen LogP contribution in [0.15, 0.2) is 0 Å². The van der Waals surface area contributed by atoms with E-state index in [1.54, 1.807) is 6.92 Å². The molecule has 2 heterocycles. The van der Waals surface area contributed by atoms with Crippen LogP contribution in [0.4, 0.5) is 0 Å². The fourth-order valence-electron chi connectivity index (χ4n) is 11.6. The monoisotopic (exact) mass is 587 g/mol. The summed E-state index contributed by atoms with van der Waals surface area (Å²) in [6.07, 6.45) is 13.6. The second-order valence-electron chi connectivity index (χ2n) is 16.0. The normalized spacial score (nSPS) is 45.3. The number of likely N-dealkylation sites (N-methyl/N-ethyl adjacent to an activating group) is 1. The molecule has 238 valence electrons. The van der Waals surface area contributed by atoms with E-state index in [4.69, 9.17) is 14.2 Å². The minimum Gasteiger partial charge on any atom is -0.461 e. The largest absolute Gasteiger partial charge is 0.461 e. The van der Waals surface area contributed by atoms with E-state index in [2.05, 4.69) is 32.7 Å². The number of rotatable bonds is 6. The number of likely N-dealkylation sites (tertiary alicyclic amines) is 1. The molecule has 4 aliphatic carbocycles. The first-order valence-corrected chi connectivity index (χ1v) is 17.6. The van der Waals surface area contributed by atoms with Gasteiger partial charge in [0.1, 0.15) is 12.1 Å². The number of hydrogen-bond acceptors (Lipinski definition) is 6. The van der Waals surface area contributed by atoms with Crippen molar-refractivity contribution in [3.05, 3.63) is 0 Å². The molecule has 0 radical (unpaired) electrons. The lowest BCUT2D eigenvalue weighted by molar-refractivity contribution is -0.940. The van der Waals surface area contributed by atoms with Crippen molar-refractivity contribution in [1.82, 2.24) is 4.90 Å². The van der Waals surface area contributed by atoms with E-state index < -0.39 is 0 Å². The summed E-state index contributed by atoms with van der Waals surface area (Å²) in [5, 5.41) is 0. The first kappa shape index (κ1) is 30.8. The van der Waals surface area contributed by atoms with Crippen LogP contribution in [-0.2, 0) is 23.8 Å². The average Bonchev–Trinajstić information content (AvgIpc) is 3.26. The predicted molar refractivity (Wildman–Crippen MR) is 163 cm³/mol. The van der Waals surface area contributed by atoms with Gasteiger partial charge in [-0.25, -0.2) is 0 Å². The summed E-state index contributed by atoms with van der Waals surface area (Å²) in [6.45, 7) is 14.6. The molecule has 7 heteroatoms. The lowest BCUT2D eigenvalue weighted by Gasteiger charge is -2.62. The van der Waals surface area contributed by atoms with Crippen molar-refractivity contribution in [1.29, 1.82) is 0 Å². The molecule has 6 fully saturated rings. The highest BCUT2D eigenvalue weighted by Crippen LogP contribution is 2.67. The summed E-state index contributed by atoms with van der Waals surface area (Å²) in [4.78, 5) is 27.9. The number of ether oxygens (including phenoxy) is 3. The third-order valence-electron chi connectivity index (χ3n) is 13.8. The Morgan fingerprint density at radius 3 is 2.38 bits per heavy atom. The molecule has 7 nitrogen and oxygen atoms in total. The number of esters is 2. The maximum absolute atomic E-state index is 13.1. The topological polar surface area (TPSA) is 65.1 Å². The maximum Gasteiger partial charge on any atom is 0.306 e. The van der Waals surface area contributed by atoms with Crippen LogP contribution in [0.5, 0.6) is 0 Å². The maximum atomic E-state index is 13.1. The van der Waals surface area contributed by atoms with Crippen molar-refractivity contribution in [3.63, 3.8) is 0 Å². The van der Waals surface area contributed by atoms with Crippen LogP contribution in [0.2, 0.25) is 0 Å². The van der Waals surface area contributed by atoms with Crippen molar-refractivity contribution < 1.29 is 28.3 Å². The van der Waals surface area contributed by atoms with Gasteiger partial charge in [-0.05, 0) is 93.3 Å². The van der Waals surface area contributed by atoms with Crippen LogP contribution in [0.3, 0.4) is 0 Å². The van der Waals surface area contributed by atoms with Gasteiger partial charge in [0.25, 0.3) is 0 Å². The van der Waals surface area contributed by atoms with Crippen molar-refractivity contribution >= 4 is 11.9 Å². The van der Waals surface area contributed by atoms with Crippen LogP contribution in [0.1, 0.15) is 105 Å². The predicted octanol–water partition coefficient (Wildman–Crippen LogP) is 5.59. The molecule has 4 saturated carbocycles. The smallest absolute Gasteiger partial charge is 0.306 e. The zero-order valence-electron chi connectivity index (χ0n) is 27.3. The van der Waals surface area contributed by atoms with Crippen molar-refractivity contribution in [2.75, 3.05) is 46.4 Å². The minimum absolute atomic E-state index is 0.00847. The Morgan fingerprint density at radius 2 is 1.69 bits per heavy atom. The number of hydrogen-bond donors (Lipinski definition) is 0. The van der Waals surface area contributed by atoms with Gasteiger partial charge < -0.3 is 18.7 Å². The van der Waals surface area contributed by atoms with Crippen LogP contribution in [-0.4, -0.2) is 92.1 Å². The molecule has 6 aliphatic rings. The van der Waals surface area contributed by atoms with E-state index in [9.17, 15) is 9.59 Å². The lowest BCUT2D eigenvalue weighted by Crippen LogP contribution is -2.62. The molecule has 5 unspecified atom stereocenters. The lowest BCUT2D eigenvalue weighted by atomic mass is 9.44. The zero-order valence-corrected chi connectivity index (χ0v) is 27.3. The molecule has 0 aromatic heterocycles. The zero-order chi connectivity index (χ0) is 29.7. The number of carbonyl (C=O) groups excluding carboxylic acids is 2. The fraction of sp³-hybridized carbons (Fsp3) is 0.943. The van der Waals surface area contributed by atoms with Crippen LogP contribution >= 0.6 is 0 Å². The molecule has 0 N–H and O–H groups in total. The first-order valence-electron chi connectivity index (χ1n) is 17.6. The van der Waals surface area contributed by atoms with Crippen molar-refractivity contribution in [2.45, 2.75) is 129 Å². The number of carbonyl (C=O) groups is 2. The quantitative estimate of drug-likeness (QED) is 0.298. The summed E-state index contributed by atoms with van der Waals surface area (Å²) < 4.78 is 19.5. The highest BCUT2D eigenvalue weighted by molar-refractivity contribution is 5.69. The Kier molecular flexibility index (Phi) is 8.78. The van der Waals surface area contributed by atoms with Gasteiger partial charge in [0.05, 0.1) is 33.4 Å². The third-order valence-corrected chi connectivity index (χ3v) is 13.8. The Labute approximate surface area is 255 Å². The van der Waals surface area contributed by atoms with E-state index in [1.165, 1.54) is 58.0 Å². The molecule has 42 heavy (non-hydrogen) atoms. The van der Waals surface area contributed by atoms with Crippen LogP contribution in [0.25, 0.3) is 0 Å². The Balaban J connectivity index is 1.29. The molecule has 0 amide bonds. The highest BCUT2D eigenvalue weighted by atomic mass is 16.5. The van der Waals surface area contributed by atoms with Crippen LogP contribution < -0.4 is 0 Å². The Hall–Kier alpha value is -1.18. The van der Waals surface area contributed by atoms with Crippen molar-refractivity contribution in [2.24, 2.45) is 34.5 Å². The van der Waals surface area contributed by atoms with Gasteiger partial charge in [-0.2, -0.15) is 0 Å². The SMILES string of the molecule is CCCC(=O)OC1C([N+]2(C)CCCCC2)C[C@H]2[C@@H]3CCC4CC(OC(C)=O)C(N5CCOCC5)C[C@]4(C)[C@@H]3CC[C@]12C. The van der Waals surface area contributed by atoms with Gasteiger partial charge in [0.15, 0.2) is 6.10 Å². The standard InChI is InChI=1S/C35H59N2O5/c1-6-10-32(39)42-33-30(37(5)17-8-7-9-18-37)22-28-26-12-11-25-21-31(41-24(2)38)29(36-15-19-40-20-16-36)23-35(25,4)27(26)13-14-34(28,33)3/h25-31,33H,6-23H2,1-5H3/q+1/t25?,26-,27-,28+,29?,30?,31?,33?,34+,35+/m1/s1. The van der Waals surface area contributed by atoms with Gasteiger partial charge in [-0.3, -0.25) is 14.5 Å².